The molecule has 2 aromatic carbocycles. The first kappa shape index (κ1) is 17.5. The Hall–Kier alpha value is -1.84. The number of benzene rings is 2. The zero-order valence-corrected chi connectivity index (χ0v) is 14.7. The van der Waals surface area contributed by atoms with Gasteiger partial charge in [-0.05, 0) is 24.3 Å². The van der Waals surface area contributed by atoms with Crippen molar-refractivity contribution in [3.8, 4) is 11.5 Å². The van der Waals surface area contributed by atoms with Crippen molar-refractivity contribution in [1.82, 2.24) is 0 Å². The fourth-order valence-electron chi connectivity index (χ4n) is 1.68. The Morgan fingerprint density at radius 1 is 1.17 bits per heavy atom. The number of nitro benzene ring substituents is 1. The number of nitro groups is 1. The molecule has 0 amide bonds. The summed E-state index contributed by atoms with van der Waals surface area (Å²) in [4.78, 5) is 9.80. The highest BCUT2D eigenvalue weighted by Gasteiger charge is 2.24. The quantitative estimate of drug-likeness (QED) is 0.413. The van der Waals surface area contributed by atoms with Gasteiger partial charge in [0, 0.05) is 16.6 Å². The molecule has 0 fully saturated rings. The Labute approximate surface area is 145 Å². The van der Waals surface area contributed by atoms with Crippen molar-refractivity contribution in [1.29, 1.82) is 0 Å². The van der Waals surface area contributed by atoms with Crippen LogP contribution in [0.2, 0.25) is 5.02 Å². The first-order valence-corrected chi connectivity index (χ1v) is 8.54. The molecule has 2 rings (SSSR count). The Morgan fingerprint density at radius 3 is 2.39 bits per heavy atom. The van der Waals surface area contributed by atoms with E-state index in [-0.39, 0.29) is 27.1 Å². The molecule has 0 aliphatic rings. The predicted octanol–water partition coefficient (Wildman–Crippen LogP) is 3.79. The van der Waals surface area contributed by atoms with Gasteiger partial charge in [0.1, 0.15) is 10.6 Å². The maximum absolute atomic E-state index is 12.4. The van der Waals surface area contributed by atoms with E-state index in [1.165, 1.54) is 19.2 Å². The molecule has 0 heterocycles. The van der Waals surface area contributed by atoms with Crippen molar-refractivity contribution in [2.75, 3.05) is 7.11 Å². The van der Waals surface area contributed by atoms with Crippen LogP contribution in [-0.4, -0.2) is 20.5 Å². The Balaban J connectivity index is 2.43. The van der Waals surface area contributed by atoms with Crippen LogP contribution in [0.5, 0.6) is 11.5 Å². The van der Waals surface area contributed by atoms with Gasteiger partial charge in [-0.1, -0.05) is 27.5 Å². The second-order valence-corrected chi connectivity index (χ2v) is 7.04. The minimum atomic E-state index is -4.24. The lowest BCUT2D eigenvalue weighted by atomic mass is 10.3. The molecule has 7 nitrogen and oxygen atoms in total. The monoisotopic (exact) mass is 421 g/mol. The highest BCUT2D eigenvalue weighted by Crippen LogP contribution is 2.34. The van der Waals surface area contributed by atoms with E-state index in [1.807, 2.05) is 0 Å². The summed E-state index contributed by atoms with van der Waals surface area (Å²) in [6.45, 7) is 0. The highest BCUT2D eigenvalue weighted by atomic mass is 79.9. The van der Waals surface area contributed by atoms with E-state index in [4.69, 9.17) is 20.5 Å². The van der Waals surface area contributed by atoms with Gasteiger partial charge in [-0.3, -0.25) is 10.1 Å². The van der Waals surface area contributed by atoms with Crippen LogP contribution < -0.4 is 8.92 Å². The average Bonchev–Trinajstić information content (AvgIpc) is 2.49. The molecule has 0 unspecified atom stereocenters. The van der Waals surface area contributed by atoms with Gasteiger partial charge in [0.2, 0.25) is 0 Å². The molecule has 0 atom stereocenters. The van der Waals surface area contributed by atoms with Gasteiger partial charge < -0.3 is 8.92 Å². The van der Waals surface area contributed by atoms with Gasteiger partial charge in [-0.25, -0.2) is 0 Å². The van der Waals surface area contributed by atoms with Crippen molar-refractivity contribution in [2.45, 2.75) is 4.90 Å². The topological polar surface area (TPSA) is 95.7 Å². The molecule has 0 aliphatic heterocycles. The van der Waals surface area contributed by atoms with Gasteiger partial charge in [-0.2, -0.15) is 8.42 Å². The summed E-state index contributed by atoms with van der Waals surface area (Å²) in [5.74, 6) is -0.134. The maximum Gasteiger partial charge on any atom is 0.343 e. The summed E-state index contributed by atoms with van der Waals surface area (Å²) in [7, 11) is -2.92. The summed E-state index contributed by atoms with van der Waals surface area (Å²) in [5, 5.41) is 10.5. The molecule has 0 radical (unpaired) electrons. The van der Waals surface area contributed by atoms with Crippen LogP contribution in [0, 0.1) is 10.1 Å². The molecular weight excluding hydrogens is 414 g/mol. The van der Waals surface area contributed by atoms with E-state index in [1.54, 1.807) is 6.07 Å². The number of hydrogen-bond donors (Lipinski definition) is 0. The standard InChI is InChI=1S/C13H9BrClNO6S/c1-21-12-4-2-8(14)6-13(12)23(19,20)22-11-5-3-9(16(17)18)7-10(11)15/h2-7H,1H3. The van der Waals surface area contributed by atoms with Crippen molar-refractivity contribution < 1.29 is 22.3 Å². The van der Waals surface area contributed by atoms with Gasteiger partial charge >= 0.3 is 10.1 Å². The predicted molar refractivity (Wildman–Crippen MR) is 86.6 cm³/mol. The third-order valence-electron chi connectivity index (χ3n) is 2.72. The van der Waals surface area contributed by atoms with Crippen LogP contribution in [0.4, 0.5) is 5.69 Å². The zero-order chi connectivity index (χ0) is 17.2. The Morgan fingerprint density at radius 2 is 1.83 bits per heavy atom. The van der Waals surface area contributed by atoms with Crippen molar-refractivity contribution in [2.24, 2.45) is 0 Å². The molecule has 0 aliphatic carbocycles. The van der Waals surface area contributed by atoms with E-state index in [0.29, 0.717) is 4.47 Å². The van der Waals surface area contributed by atoms with Crippen LogP contribution in [0.3, 0.4) is 0 Å². The number of non-ortho nitro benzene ring substituents is 1. The van der Waals surface area contributed by atoms with Crippen LogP contribution in [-0.2, 0) is 10.1 Å². The lowest BCUT2D eigenvalue weighted by Crippen LogP contribution is -2.11. The first-order valence-electron chi connectivity index (χ1n) is 5.96. The zero-order valence-electron chi connectivity index (χ0n) is 11.5. The number of ether oxygens (including phenoxy) is 1. The van der Waals surface area contributed by atoms with Crippen molar-refractivity contribution in [3.63, 3.8) is 0 Å². The van der Waals surface area contributed by atoms with Gasteiger partial charge in [0.15, 0.2) is 5.75 Å². The molecule has 0 bridgehead atoms. The SMILES string of the molecule is COc1ccc(Br)cc1S(=O)(=O)Oc1ccc([N+](=O)[O-])cc1Cl. The second kappa shape index (κ2) is 6.73. The van der Waals surface area contributed by atoms with Gasteiger partial charge in [0.25, 0.3) is 5.69 Å². The Bertz CT molecular complexity index is 871. The maximum atomic E-state index is 12.4. The Kier molecular flexibility index (Phi) is 5.12. The summed E-state index contributed by atoms with van der Waals surface area (Å²) in [5.41, 5.74) is -0.278. The fraction of sp³-hybridized carbons (Fsp3) is 0.0769. The third-order valence-corrected chi connectivity index (χ3v) is 4.77. The van der Waals surface area contributed by atoms with Crippen LogP contribution in [0.1, 0.15) is 0 Å². The largest absolute Gasteiger partial charge is 0.495 e. The molecular formula is C13H9BrClNO6S. The van der Waals surface area contributed by atoms with E-state index >= 15 is 0 Å². The summed E-state index contributed by atoms with van der Waals surface area (Å²) >= 11 is 9.00. The van der Waals surface area contributed by atoms with Crippen molar-refractivity contribution >= 4 is 43.3 Å². The summed E-state index contributed by atoms with van der Waals surface area (Å²) in [6, 6.07) is 7.59. The normalized spacial score (nSPS) is 11.1. The second-order valence-electron chi connectivity index (χ2n) is 4.20. The molecule has 0 aromatic heterocycles. The van der Waals surface area contributed by atoms with Crippen LogP contribution in [0.15, 0.2) is 45.8 Å². The van der Waals surface area contributed by atoms with Crippen LogP contribution in [0.25, 0.3) is 0 Å². The van der Waals surface area contributed by atoms with E-state index in [2.05, 4.69) is 15.9 Å². The molecule has 0 spiro atoms. The smallest absolute Gasteiger partial charge is 0.343 e. The molecule has 2 aromatic rings. The molecule has 0 saturated heterocycles. The van der Waals surface area contributed by atoms with Crippen molar-refractivity contribution in [3.05, 3.63) is 56.0 Å². The van der Waals surface area contributed by atoms with Gasteiger partial charge in [0.05, 0.1) is 17.1 Å². The molecule has 0 N–H and O–H groups in total. The number of nitrogens with zero attached hydrogens (tertiary/aromatic N) is 1. The van der Waals surface area contributed by atoms with E-state index in [0.717, 1.165) is 18.2 Å². The third kappa shape index (κ3) is 3.92. The summed E-state index contributed by atoms with van der Waals surface area (Å²) < 4.78 is 35.3. The summed E-state index contributed by atoms with van der Waals surface area (Å²) in [6.07, 6.45) is 0. The van der Waals surface area contributed by atoms with E-state index < -0.39 is 15.0 Å². The number of hydrogen-bond acceptors (Lipinski definition) is 6. The van der Waals surface area contributed by atoms with Gasteiger partial charge in [-0.15, -0.1) is 0 Å². The highest BCUT2D eigenvalue weighted by molar-refractivity contribution is 9.10. The molecule has 10 heteroatoms. The average molecular weight is 423 g/mol. The number of methoxy groups -OCH3 is 1. The number of rotatable bonds is 5. The molecule has 0 saturated carbocycles. The lowest BCUT2D eigenvalue weighted by Gasteiger charge is -2.11. The molecule has 122 valence electrons. The van der Waals surface area contributed by atoms with E-state index in [9.17, 15) is 18.5 Å². The number of halogens is 2. The lowest BCUT2D eigenvalue weighted by molar-refractivity contribution is -0.384. The first-order chi connectivity index (χ1) is 10.7. The fourth-order valence-corrected chi connectivity index (χ4v) is 3.59. The minimum Gasteiger partial charge on any atom is -0.495 e. The molecule has 23 heavy (non-hydrogen) atoms. The minimum absolute atomic E-state index is 0.0891. The van der Waals surface area contributed by atoms with Crippen LogP contribution >= 0.6 is 27.5 Å².